The number of carbonyl (C=O) groups is 1. The number of benzene rings is 1. The number of fused-ring (bicyclic) bond motifs is 1. The number of phenols is 1. The lowest BCUT2D eigenvalue weighted by molar-refractivity contribution is 0.0994. The van der Waals surface area contributed by atoms with Crippen molar-refractivity contribution in [3.63, 3.8) is 0 Å². The number of aromatic nitrogens is 1. The summed E-state index contributed by atoms with van der Waals surface area (Å²) in [5.41, 5.74) is 1.13. The van der Waals surface area contributed by atoms with E-state index in [2.05, 4.69) is 20.9 Å². The molecule has 1 aromatic carbocycles. The van der Waals surface area contributed by atoms with Crippen molar-refractivity contribution in [3.05, 3.63) is 28.4 Å². The fourth-order valence-corrected chi connectivity index (χ4v) is 1.80. The topological polar surface area (TPSA) is 76.9 Å². The van der Waals surface area contributed by atoms with Crippen LogP contribution in [0.15, 0.2) is 22.7 Å². The molecule has 1 heterocycles. The van der Waals surface area contributed by atoms with E-state index in [-0.39, 0.29) is 18.0 Å². The first-order valence-corrected chi connectivity index (χ1v) is 5.32. The van der Waals surface area contributed by atoms with E-state index in [4.69, 9.17) is 5.26 Å². The Balaban J connectivity index is 2.53. The van der Waals surface area contributed by atoms with E-state index in [0.29, 0.717) is 10.2 Å². The summed E-state index contributed by atoms with van der Waals surface area (Å²) in [6.07, 6.45) is -0.153. The summed E-state index contributed by atoms with van der Waals surface area (Å²) in [6, 6.07) is 6.67. The van der Waals surface area contributed by atoms with Gasteiger partial charge in [0.25, 0.3) is 0 Å². The van der Waals surface area contributed by atoms with Gasteiger partial charge in [-0.25, -0.2) is 0 Å². The predicted molar refractivity (Wildman–Crippen MR) is 62.2 cm³/mol. The van der Waals surface area contributed by atoms with Crippen molar-refractivity contribution in [2.45, 2.75) is 6.42 Å². The molecule has 0 radical (unpaired) electrons. The van der Waals surface area contributed by atoms with E-state index in [9.17, 15) is 9.90 Å². The van der Waals surface area contributed by atoms with Crippen LogP contribution in [-0.2, 0) is 0 Å². The number of halogens is 1. The van der Waals surface area contributed by atoms with E-state index in [0.717, 1.165) is 10.9 Å². The molecule has 0 spiro atoms. The number of hydrogen-bond donors (Lipinski definition) is 2. The van der Waals surface area contributed by atoms with Gasteiger partial charge in [-0.1, -0.05) is 0 Å². The zero-order valence-corrected chi connectivity index (χ0v) is 9.71. The Kier molecular flexibility index (Phi) is 2.67. The Bertz CT molecular complexity index is 571. The van der Waals surface area contributed by atoms with Gasteiger partial charge in [0, 0.05) is 10.9 Å². The molecular formula is C11H7BrN2O2. The summed E-state index contributed by atoms with van der Waals surface area (Å²) < 4.78 is 0.557. The van der Waals surface area contributed by atoms with Gasteiger partial charge in [-0.15, -0.1) is 0 Å². The first-order valence-electron chi connectivity index (χ1n) is 4.53. The van der Waals surface area contributed by atoms with Gasteiger partial charge >= 0.3 is 0 Å². The Labute approximate surface area is 99.6 Å². The van der Waals surface area contributed by atoms with E-state index in [1.807, 2.05) is 0 Å². The van der Waals surface area contributed by atoms with E-state index < -0.39 is 0 Å². The minimum Gasteiger partial charge on any atom is -0.507 e. The maximum atomic E-state index is 11.5. The number of H-pyrrole nitrogens is 1. The first kappa shape index (κ1) is 10.7. The maximum Gasteiger partial charge on any atom is 0.193 e. The standard InChI is InChI=1S/C11H7BrN2O2/c12-7-5-8-6(4-11(7)16)3-9(14-8)10(15)1-2-13/h3-5,14,16H,1H2. The lowest BCUT2D eigenvalue weighted by Gasteiger charge is -1.95. The van der Waals surface area contributed by atoms with Crippen LogP contribution in [0.4, 0.5) is 0 Å². The van der Waals surface area contributed by atoms with Crippen LogP contribution in [-0.4, -0.2) is 15.9 Å². The summed E-state index contributed by atoms with van der Waals surface area (Å²) in [7, 11) is 0. The molecule has 2 aromatic rings. The number of nitriles is 1. The van der Waals surface area contributed by atoms with Crippen molar-refractivity contribution >= 4 is 32.6 Å². The Hall–Kier alpha value is -1.80. The van der Waals surface area contributed by atoms with Gasteiger partial charge in [0.15, 0.2) is 5.78 Å². The highest BCUT2D eigenvalue weighted by Crippen LogP contribution is 2.29. The molecule has 0 atom stereocenters. The average molecular weight is 279 g/mol. The monoisotopic (exact) mass is 278 g/mol. The molecule has 0 unspecified atom stereocenters. The molecule has 2 rings (SSSR count). The Morgan fingerprint density at radius 2 is 2.25 bits per heavy atom. The first-order chi connectivity index (χ1) is 7.61. The number of Topliss-reactive ketones (excluding diaryl/α,β-unsaturated/α-hetero) is 1. The minimum absolute atomic E-state index is 0.116. The summed E-state index contributed by atoms with van der Waals surface area (Å²) in [5, 5.41) is 18.6. The van der Waals surface area contributed by atoms with Crippen LogP contribution in [0.5, 0.6) is 5.75 Å². The van der Waals surface area contributed by atoms with Crippen LogP contribution >= 0.6 is 15.9 Å². The van der Waals surface area contributed by atoms with Gasteiger partial charge in [0.05, 0.1) is 16.2 Å². The predicted octanol–water partition coefficient (Wildman–Crippen LogP) is 2.73. The summed E-state index contributed by atoms with van der Waals surface area (Å²) >= 11 is 3.19. The summed E-state index contributed by atoms with van der Waals surface area (Å²) in [6.45, 7) is 0. The molecule has 80 valence electrons. The number of rotatable bonds is 2. The number of phenolic OH excluding ortho intramolecular Hbond substituents is 1. The number of nitrogens with zero attached hydrogens (tertiary/aromatic N) is 1. The number of aromatic amines is 1. The van der Waals surface area contributed by atoms with E-state index >= 15 is 0 Å². The molecule has 0 fully saturated rings. The Morgan fingerprint density at radius 1 is 1.50 bits per heavy atom. The average Bonchev–Trinajstić information content (AvgIpc) is 2.62. The van der Waals surface area contributed by atoms with Crippen molar-refractivity contribution in [2.24, 2.45) is 0 Å². The largest absolute Gasteiger partial charge is 0.507 e. The van der Waals surface area contributed by atoms with Crippen LogP contribution in [0, 0.1) is 11.3 Å². The third-order valence-corrected chi connectivity index (χ3v) is 2.86. The fourth-order valence-electron chi connectivity index (χ4n) is 1.46. The second kappa shape index (κ2) is 3.99. The van der Waals surface area contributed by atoms with Gasteiger partial charge in [-0.2, -0.15) is 5.26 Å². The molecule has 1 aromatic heterocycles. The van der Waals surface area contributed by atoms with Crippen molar-refractivity contribution in [2.75, 3.05) is 0 Å². The fraction of sp³-hybridized carbons (Fsp3) is 0.0909. The van der Waals surface area contributed by atoms with Crippen molar-refractivity contribution < 1.29 is 9.90 Å². The molecule has 0 saturated carbocycles. The van der Waals surface area contributed by atoms with E-state index in [1.165, 1.54) is 0 Å². The van der Waals surface area contributed by atoms with Gasteiger partial charge in [-0.3, -0.25) is 4.79 Å². The summed E-state index contributed by atoms with van der Waals surface area (Å²) in [4.78, 5) is 14.4. The SMILES string of the molecule is N#CCC(=O)c1cc2cc(O)c(Br)cc2[nH]1. The molecule has 0 bridgehead atoms. The van der Waals surface area contributed by atoms with E-state index in [1.54, 1.807) is 24.3 Å². The highest BCUT2D eigenvalue weighted by Gasteiger charge is 2.10. The number of nitrogens with one attached hydrogen (secondary N) is 1. The molecular weight excluding hydrogens is 272 g/mol. The number of ketones is 1. The molecule has 2 N–H and O–H groups in total. The molecule has 5 heteroatoms. The molecule has 0 aliphatic carbocycles. The van der Waals surface area contributed by atoms with Crippen LogP contribution in [0.25, 0.3) is 10.9 Å². The molecule has 4 nitrogen and oxygen atoms in total. The summed E-state index contributed by atoms with van der Waals surface area (Å²) in [5.74, 6) is -0.139. The van der Waals surface area contributed by atoms with Crippen LogP contribution < -0.4 is 0 Å². The van der Waals surface area contributed by atoms with Crippen molar-refractivity contribution in [1.82, 2.24) is 4.98 Å². The zero-order valence-electron chi connectivity index (χ0n) is 8.12. The number of aromatic hydroxyl groups is 1. The highest BCUT2D eigenvalue weighted by molar-refractivity contribution is 9.10. The minimum atomic E-state index is -0.255. The van der Waals surface area contributed by atoms with Crippen LogP contribution in [0.3, 0.4) is 0 Å². The third kappa shape index (κ3) is 1.79. The van der Waals surface area contributed by atoms with Crippen LogP contribution in [0.1, 0.15) is 16.9 Å². The molecule has 0 aliphatic rings. The number of carbonyl (C=O) groups excluding carboxylic acids is 1. The molecule has 0 aliphatic heterocycles. The lowest BCUT2D eigenvalue weighted by atomic mass is 10.2. The number of hydrogen-bond acceptors (Lipinski definition) is 3. The van der Waals surface area contributed by atoms with Gasteiger partial charge < -0.3 is 10.1 Å². The zero-order chi connectivity index (χ0) is 11.7. The Morgan fingerprint density at radius 3 is 2.94 bits per heavy atom. The van der Waals surface area contributed by atoms with Gasteiger partial charge in [0.2, 0.25) is 0 Å². The van der Waals surface area contributed by atoms with Crippen molar-refractivity contribution in [3.8, 4) is 11.8 Å². The smallest absolute Gasteiger partial charge is 0.193 e. The molecule has 0 amide bonds. The quantitative estimate of drug-likeness (QED) is 0.830. The molecule has 0 saturated heterocycles. The lowest BCUT2D eigenvalue weighted by Crippen LogP contribution is -1.96. The third-order valence-electron chi connectivity index (χ3n) is 2.23. The normalized spacial score (nSPS) is 10.2. The highest BCUT2D eigenvalue weighted by atomic mass is 79.9. The van der Waals surface area contributed by atoms with Gasteiger partial charge in [-0.05, 0) is 34.1 Å². The van der Waals surface area contributed by atoms with Gasteiger partial charge in [0.1, 0.15) is 12.2 Å². The molecule has 16 heavy (non-hydrogen) atoms. The second-order valence-corrected chi connectivity index (χ2v) is 4.19. The second-order valence-electron chi connectivity index (χ2n) is 3.33. The van der Waals surface area contributed by atoms with Crippen LogP contribution in [0.2, 0.25) is 0 Å². The van der Waals surface area contributed by atoms with Crippen molar-refractivity contribution in [1.29, 1.82) is 5.26 Å². The maximum absolute atomic E-state index is 11.5.